The summed E-state index contributed by atoms with van der Waals surface area (Å²) in [6.07, 6.45) is 4.48. The molecule has 1 aromatic heterocycles. The van der Waals surface area contributed by atoms with Crippen molar-refractivity contribution in [2.45, 2.75) is 32.6 Å². The van der Waals surface area contributed by atoms with Gasteiger partial charge in [-0.15, -0.1) is 0 Å². The number of aryl methyl sites for hydroxylation is 1. The molecule has 1 aromatic rings. The number of pyridine rings is 1. The molecule has 1 aliphatic rings. The summed E-state index contributed by atoms with van der Waals surface area (Å²) in [4.78, 5) is 15.5. The first-order chi connectivity index (χ1) is 9.61. The van der Waals surface area contributed by atoms with Crippen molar-refractivity contribution in [2.24, 2.45) is 11.8 Å². The molecule has 5 heteroatoms. The second-order valence-electron chi connectivity index (χ2n) is 5.52. The van der Waals surface area contributed by atoms with Crippen molar-refractivity contribution >= 4 is 11.8 Å². The van der Waals surface area contributed by atoms with Crippen LogP contribution >= 0.6 is 0 Å². The summed E-state index contributed by atoms with van der Waals surface area (Å²) in [5.74, 6) is 0.161. The van der Waals surface area contributed by atoms with Gasteiger partial charge >= 0.3 is 5.97 Å². The first-order valence-corrected chi connectivity index (χ1v) is 7.17. The fourth-order valence-corrected chi connectivity index (χ4v) is 2.89. The van der Waals surface area contributed by atoms with Crippen molar-refractivity contribution < 1.29 is 15.0 Å². The number of carboxylic acid groups (broad SMARTS) is 1. The third kappa shape index (κ3) is 3.48. The molecule has 1 aliphatic carbocycles. The molecule has 5 nitrogen and oxygen atoms in total. The molecule has 1 heterocycles. The van der Waals surface area contributed by atoms with Gasteiger partial charge in [-0.05, 0) is 43.7 Å². The number of carboxylic acids is 1. The second-order valence-corrected chi connectivity index (χ2v) is 5.52. The van der Waals surface area contributed by atoms with Gasteiger partial charge in [0.25, 0.3) is 0 Å². The lowest BCUT2D eigenvalue weighted by atomic mass is 9.79. The van der Waals surface area contributed by atoms with Gasteiger partial charge in [0.15, 0.2) is 0 Å². The average Bonchev–Trinajstić information content (AvgIpc) is 2.45. The minimum Gasteiger partial charge on any atom is -0.478 e. The Morgan fingerprint density at radius 3 is 2.70 bits per heavy atom. The highest BCUT2D eigenvalue weighted by atomic mass is 16.4. The van der Waals surface area contributed by atoms with Crippen molar-refractivity contribution in [3.05, 3.63) is 23.4 Å². The highest BCUT2D eigenvalue weighted by Gasteiger charge is 2.24. The molecule has 1 saturated carbocycles. The van der Waals surface area contributed by atoms with Crippen LogP contribution in [0.2, 0.25) is 0 Å². The Kier molecular flexibility index (Phi) is 4.95. The molecule has 3 N–H and O–H groups in total. The third-order valence-electron chi connectivity index (χ3n) is 4.10. The summed E-state index contributed by atoms with van der Waals surface area (Å²) >= 11 is 0. The van der Waals surface area contributed by atoms with E-state index in [1.807, 2.05) is 6.92 Å². The molecule has 20 heavy (non-hydrogen) atoms. The lowest BCUT2D eigenvalue weighted by Crippen LogP contribution is -2.29. The Morgan fingerprint density at radius 2 is 2.05 bits per heavy atom. The normalized spacial score (nSPS) is 22.5. The monoisotopic (exact) mass is 278 g/mol. The van der Waals surface area contributed by atoms with Crippen LogP contribution in [0.4, 0.5) is 5.82 Å². The predicted molar refractivity (Wildman–Crippen MR) is 77.0 cm³/mol. The van der Waals surface area contributed by atoms with E-state index in [4.69, 9.17) is 0 Å². The number of aromatic carboxylic acids is 1. The molecule has 0 spiro atoms. The van der Waals surface area contributed by atoms with Crippen molar-refractivity contribution in [1.82, 2.24) is 4.98 Å². The molecule has 0 aromatic carbocycles. The number of aliphatic hydroxyl groups is 1. The molecule has 0 radical (unpaired) electrons. The van der Waals surface area contributed by atoms with E-state index in [1.165, 1.54) is 12.8 Å². The maximum absolute atomic E-state index is 11.2. The first-order valence-electron chi connectivity index (χ1n) is 7.17. The molecule has 110 valence electrons. The van der Waals surface area contributed by atoms with Crippen LogP contribution in [0.5, 0.6) is 0 Å². The number of hydrogen-bond donors (Lipinski definition) is 3. The third-order valence-corrected chi connectivity index (χ3v) is 4.10. The Labute approximate surface area is 119 Å². The highest BCUT2D eigenvalue weighted by Crippen LogP contribution is 2.30. The van der Waals surface area contributed by atoms with Gasteiger partial charge in [-0.2, -0.15) is 0 Å². The number of anilines is 1. The Bertz CT molecular complexity index is 476. The van der Waals surface area contributed by atoms with Gasteiger partial charge in [0.2, 0.25) is 0 Å². The number of hydrogen-bond acceptors (Lipinski definition) is 4. The van der Waals surface area contributed by atoms with E-state index < -0.39 is 5.97 Å². The largest absolute Gasteiger partial charge is 0.478 e. The van der Waals surface area contributed by atoms with E-state index in [2.05, 4.69) is 10.3 Å². The van der Waals surface area contributed by atoms with E-state index in [-0.39, 0.29) is 12.2 Å². The zero-order chi connectivity index (χ0) is 14.5. The molecule has 2 unspecified atom stereocenters. The fraction of sp³-hybridized carbons (Fsp3) is 0.600. The van der Waals surface area contributed by atoms with Gasteiger partial charge < -0.3 is 15.5 Å². The minimum atomic E-state index is -0.970. The molecule has 2 atom stereocenters. The maximum Gasteiger partial charge on any atom is 0.339 e. The van der Waals surface area contributed by atoms with Crippen LogP contribution < -0.4 is 5.32 Å². The van der Waals surface area contributed by atoms with E-state index >= 15 is 0 Å². The average molecular weight is 278 g/mol. The molecule has 0 bridgehead atoms. The molecular formula is C15H22N2O3. The van der Waals surface area contributed by atoms with Crippen LogP contribution in [0.15, 0.2) is 12.1 Å². The van der Waals surface area contributed by atoms with Gasteiger partial charge in [-0.3, -0.25) is 0 Å². The molecule has 0 amide bonds. The summed E-state index contributed by atoms with van der Waals surface area (Å²) in [5.41, 5.74) is 0.992. The molecule has 0 saturated heterocycles. The maximum atomic E-state index is 11.2. The Morgan fingerprint density at radius 1 is 1.35 bits per heavy atom. The number of rotatable bonds is 5. The summed E-state index contributed by atoms with van der Waals surface area (Å²) < 4.78 is 0. The van der Waals surface area contributed by atoms with E-state index in [9.17, 15) is 15.0 Å². The minimum absolute atomic E-state index is 0.201. The lowest BCUT2D eigenvalue weighted by molar-refractivity contribution is 0.0697. The van der Waals surface area contributed by atoms with Crippen LogP contribution in [-0.4, -0.2) is 34.3 Å². The number of carbonyl (C=O) groups is 1. The van der Waals surface area contributed by atoms with Crippen LogP contribution in [0.3, 0.4) is 0 Å². The zero-order valence-corrected chi connectivity index (χ0v) is 11.8. The van der Waals surface area contributed by atoms with Crippen LogP contribution in [0.25, 0.3) is 0 Å². The van der Waals surface area contributed by atoms with Gasteiger partial charge in [0.05, 0.1) is 0 Å². The molecule has 2 rings (SSSR count). The Balaban J connectivity index is 2.06. The fourth-order valence-electron chi connectivity index (χ4n) is 2.89. The smallest absolute Gasteiger partial charge is 0.339 e. The van der Waals surface area contributed by atoms with Crippen molar-refractivity contribution in [2.75, 3.05) is 18.5 Å². The molecule has 0 aliphatic heterocycles. The number of aliphatic hydroxyl groups excluding tert-OH is 1. The number of nitrogens with one attached hydrogen (secondary N) is 1. The first kappa shape index (κ1) is 14.8. The second kappa shape index (κ2) is 6.70. The van der Waals surface area contributed by atoms with Crippen molar-refractivity contribution in [3.8, 4) is 0 Å². The van der Waals surface area contributed by atoms with E-state index in [1.54, 1.807) is 12.1 Å². The standard InChI is InChI=1S/C15H22N2O3/c1-10-6-7-13(15(19)20)14(17-10)16-8-11-4-2-3-5-12(11)9-18/h6-7,11-12,18H,2-5,8-9H2,1H3,(H,16,17)(H,19,20). The van der Waals surface area contributed by atoms with Crippen molar-refractivity contribution in [3.63, 3.8) is 0 Å². The van der Waals surface area contributed by atoms with Crippen LogP contribution in [0.1, 0.15) is 41.7 Å². The van der Waals surface area contributed by atoms with Gasteiger partial charge in [0, 0.05) is 18.8 Å². The Hall–Kier alpha value is -1.62. The molecular weight excluding hydrogens is 256 g/mol. The van der Waals surface area contributed by atoms with E-state index in [0.29, 0.717) is 24.2 Å². The van der Waals surface area contributed by atoms with E-state index in [0.717, 1.165) is 18.5 Å². The predicted octanol–water partition coefficient (Wildman–Crippen LogP) is 2.30. The molecule has 1 fully saturated rings. The van der Waals surface area contributed by atoms with Gasteiger partial charge in [0.1, 0.15) is 11.4 Å². The number of nitrogens with zero attached hydrogens (tertiary/aromatic N) is 1. The van der Waals surface area contributed by atoms with Crippen molar-refractivity contribution in [1.29, 1.82) is 0 Å². The van der Waals surface area contributed by atoms with Crippen LogP contribution in [0, 0.1) is 18.8 Å². The summed E-state index contributed by atoms with van der Waals surface area (Å²) in [6.45, 7) is 2.72. The van der Waals surface area contributed by atoms with Gasteiger partial charge in [-0.25, -0.2) is 9.78 Å². The van der Waals surface area contributed by atoms with Crippen LogP contribution in [-0.2, 0) is 0 Å². The SMILES string of the molecule is Cc1ccc(C(=O)O)c(NCC2CCCCC2CO)n1. The lowest BCUT2D eigenvalue weighted by Gasteiger charge is -2.30. The highest BCUT2D eigenvalue weighted by molar-refractivity contribution is 5.93. The number of aromatic nitrogens is 1. The zero-order valence-electron chi connectivity index (χ0n) is 11.8. The topological polar surface area (TPSA) is 82.5 Å². The summed E-state index contributed by atoms with van der Waals surface area (Å²) in [5, 5.41) is 21.7. The quantitative estimate of drug-likeness (QED) is 0.770. The summed E-state index contributed by atoms with van der Waals surface area (Å²) in [6, 6.07) is 3.28. The van der Waals surface area contributed by atoms with Gasteiger partial charge in [-0.1, -0.05) is 12.8 Å². The summed E-state index contributed by atoms with van der Waals surface area (Å²) in [7, 11) is 0.